The molecule has 3 aromatic carbocycles. The van der Waals surface area contributed by atoms with E-state index in [9.17, 15) is 23.9 Å². The number of aromatic hydroxyl groups is 1. The van der Waals surface area contributed by atoms with Crippen molar-refractivity contribution in [2.75, 3.05) is 19.1 Å². The highest BCUT2D eigenvalue weighted by atomic mass is 35.5. The van der Waals surface area contributed by atoms with Crippen molar-refractivity contribution in [3.8, 4) is 11.5 Å². The topological polar surface area (TPSA) is 116 Å². The number of benzene rings is 3. The fourth-order valence-electron chi connectivity index (χ4n) is 8.31. The average molecular weight is 644 g/mol. The molecule has 0 spiro atoms. The molecule has 2 heterocycles. The molecule has 6 atom stereocenters. The fraction of sp³-hybridized carbons (Fsp3) is 0.314. The minimum atomic E-state index is -1.59. The second kappa shape index (κ2) is 11.0. The van der Waals surface area contributed by atoms with Crippen molar-refractivity contribution >= 4 is 40.9 Å². The van der Waals surface area contributed by atoms with Crippen LogP contribution in [0.1, 0.15) is 36.8 Å². The van der Waals surface area contributed by atoms with Crippen LogP contribution in [0.25, 0.3) is 0 Å². The standard InChI is InChI=1S/C35H31ClFN3O6/c1-3-39-31(42)23-16-15-22-25(28(23)33(39)44)17-26-32(43)40(38-21-13-11-20(37)12-14-21)34(45)35(26,18-7-9-19(36)10-8-18)29(22)24-5-4-6-27(46-2)30(24)41/h4-15,23,25-26,28-29,38,41H,3,16-17H2,1-2H3/t23-,25+,26-,28-,29+,35+/m0/s1. The lowest BCUT2D eigenvalue weighted by Gasteiger charge is -2.50. The van der Waals surface area contributed by atoms with Crippen molar-refractivity contribution in [1.29, 1.82) is 0 Å². The van der Waals surface area contributed by atoms with E-state index in [0.29, 0.717) is 27.4 Å². The number of para-hydroxylation sites is 1. The quantitative estimate of drug-likeness (QED) is 0.280. The molecule has 0 unspecified atom stereocenters. The Morgan fingerprint density at radius 1 is 0.978 bits per heavy atom. The molecule has 4 aliphatic rings. The van der Waals surface area contributed by atoms with Crippen LogP contribution in [0.15, 0.2) is 78.4 Å². The number of hydrogen-bond acceptors (Lipinski definition) is 7. The summed E-state index contributed by atoms with van der Waals surface area (Å²) in [5, 5.41) is 13.0. The van der Waals surface area contributed by atoms with Gasteiger partial charge in [0.05, 0.1) is 36.0 Å². The molecule has 7 rings (SSSR count). The molecular weight excluding hydrogens is 613 g/mol. The summed E-state index contributed by atoms with van der Waals surface area (Å²) in [5.74, 6) is -5.93. The molecule has 2 saturated heterocycles. The number of likely N-dealkylation sites (tertiary alicyclic amines) is 1. The maximum absolute atomic E-state index is 15.1. The van der Waals surface area contributed by atoms with Crippen LogP contribution < -0.4 is 10.2 Å². The Bertz CT molecular complexity index is 1810. The van der Waals surface area contributed by atoms with Crippen LogP contribution in [0.5, 0.6) is 11.5 Å². The maximum Gasteiger partial charge on any atom is 0.260 e. The van der Waals surface area contributed by atoms with Gasteiger partial charge in [0.1, 0.15) is 5.82 Å². The van der Waals surface area contributed by atoms with E-state index < -0.39 is 52.6 Å². The highest BCUT2D eigenvalue weighted by Crippen LogP contribution is 2.65. The first-order valence-electron chi connectivity index (χ1n) is 15.2. The Morgan fingerprint density at radius 3 is 2.37 bits per heavy atom. The van der Waals surface area contributed by atoms with Crippen molar-refractivity contribution in [2.45, 2.75) is 31.1 Å². The number of anilines is 1. The third-order valence-corrected chi connectivity index (χ3v) is 10.5. The van der Waals surface area contributed by atoms with Gasteiger partial charge < -0.3 is 9.84 Å². The van der Waals surface area contributed by atoms with Crippen molar-refractivity contribution in [3.63, 3.8) is 0 Å². The molecule has 0 radical (unpaired) electrons. The number of halogens is 2. The van der Waals surface area contributed by atoms with Crippen molar-refractivity contribution in [3.05, 3.63) is 100 Å². The number of carbonyl (C=O) groups is 4. The average Bonchev–Trinajstić information content (AvgIpc) is 3.43. The lowest BCUT2D eigenvalue weighted by atomic mass is 9.49. The van der Waals surface area contributed by atoms with Crippen molar-refractivity contribution in [1.82, 2.24) is 9.91 Å². The summed E-state index contributed by atoms with van der Waals surface area (Å²) in [6.07, 6.45) is 2.31. The number of imide groups is 2. The van der Waals surface area contributed by atoms with Gasteiger partial charge in [0.2, 0.25) is 11.8 Å². The van der Waals surface area contributed by atoms with E-state index in [-0.39, 0.29) is 42.7 Å². The highest BCUT2D eigenvalue weighted by molar-refractivity contribution is 6.30. The zero-order chi connectivity index (χ0) is 32.5. The molecule has 0 bridgehead atoms. The summed E-state index contributed by atoms with van der Waals surface area (Å²) in [7, 11) is 1.42. The smallest absolute Gasteiger partial charge is 0.260 e. The Morgan fingerprint density at radius 2 is 1.70 bits per heavy atom. The molecule has 2 aliphatic heterocycles. The number of nitrogens with zero attached hydrogens (tertiary/aromatic N) is 2. The predicted octanol–water partition coefficient (Wildman–Crippen LogP) is 5.20. The number of phenolic OH excluding ortho intramolecular Hbond substituents is 1. The van der Waals surface area contributed by atoms with Gasteiger partial charge in [0, 0.05) is 23.0 Å². The monoisotopic (exact) mass is 643 g/mol. The minimum absolute atomic E-state index is 0.111. The van der Waals surface area contributed by atoms with E-state index in [4.69, 9.17) is 16.3 Å². The number of carbonyl (C=O) groups excluding carboxylic acids is 4. The number of rotatable bonds is 6. The first-order chi connectivity index (χ1) is 22.1. The molecule has 3 aromatic rings. The number of amides is 4. The molecule has 2 N–H and O–H groups in total. The number of fused-ring (bicyclic) bond motifs is 4. The van der Waals surface area contributed by atoms with Gasteiger partial charge in [-0.1, -0.05) is 47.5 Å². The third kappa shape index (κ3) is 4.12. The molecule has 3 fully saturated rings. The first-order valence-corrected chi connectivity index (χ1v) is 15.6. The van der Waals surface area contributed by atoms with E-state index in [0.717, 1.165) is 5.01 Å². The Labute approximate surface area is 269 Å². The number of methoxy groups -OCH3 is 1. The summed E-state index contributed by atoms with van der Waals surface area (Å²) < 4.78 is 19.2. The molecular formula is C35H31ClFN3O6. The van der Waals surface area contributed by atoms with Gasteiger partial charge >= 0.3 is 0 Å². The van der Waals surface area contributed by atoms with Gasteiger partial charge in [0.25, 0.3) is 11.8 Å². The number of nitrogens with one attached hydrogen (secondary N) is 1. The predicted molar refractivity (Wildman–Crippen MR) is 166 cm³/mol. The Kier molecular flexibility index (Phi) is 7.15. The van der Waals surface area contributed by atoms with Gasteiger partial charge in [-0.2, -0.15) is 5.01 Å². The number of phenols is 1. The van der Waals surface area contributed by atoms with Crippen LogP contribution in [0.3, 0.4) is 0 Å². The summed E-state index contributed by atoms with van der Waals surface area (Å²) in [6.45, 7) is 1.99. The normalized spacial score (nSPS) is 28.5. The second-order valence-electron chi connectivity index (χ2n) is 12.2. The van der Waals surface area contributed by atoms with Crippen molar-refractivity contribution in [2.24, 2.45) is 23.7 Å². The van der Waals surface area contributed by atoms with E-state index in [1.54, 1.807) is 49.4 Å². The van der Waals surface area contributed by atoms with Gasteiger partial charge in [-0.15, -0.1) is 0 Å². The molecule has 4 amide bonds. The van der Waals surface area contributed by atoms with E-state index in [1.807, 2.05) is 6.08 Å². The Balaban J connectivity index is 1.49. The largest absolute Gasteiger partial charge is 0.504 e. The highest BCUT2D eigenvalue weighted by Gasteiger charge is 2.70. The fourth-order valence-corrected chi connectivity index (χ4v) is 8.44. The van der Waals surface area contributed by atoms with Crippen LogP contribution in [0.4, 0.5) is 10.1 Å². The molecule has 46 heavy (non-hydrogen) atoms. The SMILES string of the molecule is CCN1C(=O)[C@H]2[C@H](CC=C3[C@H]2C[C@H]2C(=O)N(Nc4ccc(F)cc4)C(=O)[C@@]2(c2ccc(Cl)cc2)[C@H]3c2cccc(OC)c2O)C1=O. The van der Waals surface area contributed by atoms with Crippen molar-refractivity contribution < 1.29 is 33.4 Å². The van der Waals surface area contributed by atoms with E-state index in [2.05, 4.69) is 5.43 Å². The summed E-state index contributed by atoms with van der Waals surface area (Å²) in [4.78, 5) is 58.0. The molecule has 1 saturated carbocycles. The summed E-state index contributed by atoms with van der Waals surface area (Å²) >= 11 is 6.30. The van der Waals surface area contributed by atoms with Gasteiger partial charge in [0.15, 0.2) is 11.5 Å². The lowest BCUT2D eigenvalue weighted by Crippen LogP contribution is -2.53. The van der Waals surface area contributed by atoms with E-state index >= 15 is 4.79 Å². The number of allylic oxidation sites excluding steroid dienone is 2. The van der Waals surface area contributed by atoms with Crippen LogP contribution >= 0.6 is 11.6 Å². The zero-order valence-electron chi connectivity index (χ0n) is 25.1. The number of hydrogen-bond donors (Lipinski definition) is 2. The summed E-state index contributed by atoms with van der Waals surface area (Å²) in [5.41, 5.74) is 3.19. The van der Waals surface area contributed by atoms with E-state index in [1.165, 1.54) is 36.3 Å². The van der Waals surface area contributed by atoms with Crippen LogP contribution in [0, 0.1) is 29.5 Å². The van der Waals surface area contributed by atoms with Crippen LogP contribution in [-0.2, 0) is 24.6 Å². The zero-order valence-corrected chi connectivity index (χ0v) is 25.8. The third-order valence-electron chi connectivity index (χ3n) is 10.2. The van der Waals surface area contributed by atoms with Crippen LogP contribution in [-0.4, -0.2) is 52.3 Å². The first kappa shape index (κ1) is 30.0. The van der Waals surface area contributed by atoms with Gasteiger partial charge in [-0.3, -0.25) is 29.5 Å². The van der Waals surface area contributed by atoms with Gasteiger partial charge in [-0.05, 0) is 73.7 Å². The minimum Gasteiger partial charge on any atom is -0.504 e. The molecule has 2 aliphatic carbocycles. The molecule has 0 aromatic heterocycles. The second-order valence-corrected chi connectivity index (χ2v) is 12.6. The maximum atomic E-state index is 15.1. The lowest BCUT2D eigenvalue weighted by molar-refractivity contribution is -0.141. The molecule has 9 nitrogen and oxygen atoms in total. The van der Waals surface area contributed by atoms with Gasteiger partial charge in [-0.25, -0.2) is 4.39 Å². The van der Waals surface area contributed by atoms with Crippen LogP contribution in [0.2, 0.25) is 5.02 Å². The number of hydrazine groups is 1. The molecule has 236 valence electrons. The molecule has 11 heteroatoms. The summed E-state index contributed by atoms with van der Waals surface area (Å²) in [6, 6.07) is 17.0. The Hall–Kier alpha value is -4.70. The number of ether oxygens (including phenoxy) is 1.